The van der Waals surface area contributed by atoms with Crippen molar-refractivity contribution < 1.29 is 36.4 Å². The van der Waals surface area contributed by atoms with Crippen molar-refractivity contribution >= 4 is 13.3 Å². The number of benzene rings is 4. The molecule has 4 aromatic carbocycles. The summed E-state index contributed by atoms with van der Waals surface area (Å²) in [5, 5.41) is 27.2. The van der Waals surface area contributed by atoms with E-state index in [4.69, 9.17) is 4.98 Å². The zero-order valence-electron chi connectivity index (χ0n) is 45.0. The Morgan fingerprint density at radius 2 is 0.900 bits per heavy atom. The van der Waals surface area contributed by atoms with Gasteiger partial charge in [-0.1, -0.05) is 147 Å². The zero-order valence-corrected chi connectivity index (χ0v) is 48.5. The Morgan fingerprint density at radius 3 is 1.29 bits per heavy atom. The summed E-state index contributed by atoms with van der Waals surface area (Å²) in [6, 6.07) is 33.0. The number of phenolic OH excluding ortho intramolecular Hbond substituents is 2. The molecule has 5 aromatic rings. The summed E-state index contributed by atoms with van der Waals surface area (Å²) in [5.41, 5.74) is 13.1. The SMILES string of the molecule is CCCC[Si](C)(C)c1ccc(-c2ccccc2-c2cc(C(C)(C)C)cc(C34CC5CC(CC(C5)C3)C4)c2O)nc1-c1ccccc1-c1cc(C(C)(C)C)cc(C23CC4CC(CC(C4)C2)C3)c1O.[CH3-].[CH3-].[Zr]. The Bertz CT molecular complexity index is 2660. The molecule has 0 spiro atoms. The maximum atomic E-state index is 13.0. The van der Waals surface area contributed by atoms with Gasteiger partial charge in [-0.2, -0.15) is 0 Å². The Labute approximate surface area is 444 Å². The first-order valence-corrected chi connectivity index (χ1v) is 30.0. The molecule has 0 aliphatic heterocycles. The molecule has 0 atom stereocenters. The first kappa shape index (κ1) is 53.0. The summed E-state index contributed by atoms with van der Waals surface area (Å²) >= 11 is 0. The molecule has 13 rings (SSSR count). The van der Waals surface area contributed by atoms with Crippen molar-refractivity contribution in [2.45, 2.75) is 179 Å². The molecule has 70 heavy (non-hydrogen) atoms. The van der Waals surface area contributed by atoms with Gasteiger partial charge < -0.3 is 25.1 Å². The molecule has 1 heterocycles. The van der Waals surface area contributed by atoms with Gasteiger partial charge in [-0.05, 0) is 180 Å². The molecule has 8 aliphatic rings. The van der Waals surface area contributed by atoms with Gasteiger partial charge in [-0.3, -0.25) is 0 Å². The third kappa shape index (κ3) is 9.23. The van der Waals surface area contributed by atoms with E-state index < -0.39 is 8.07 Å². The maximum Gasteiger partial charge on any atom is 0.127 e. The zero-order chi connectivity index (χ0) is 46.8. The molecule has 0 unspecified atom stereocenters. The van der Waals surface area contributed by atoms with Crippen molar-refractivity contribution in [3.8, 4) is 56.3 Å². The molecule has 0 amide bonds. The fourth-order valence-corrected chi connectivity index (χ4v) is 19.1. The molecule has 1 aromatic heterocycles. The van der Waals surface area contributed by atoms with Crippen LogP contribution in [0.4, 0.5) is 0 Å². The van der Waals surface area contributed by atoms with E-state index >= 15 is 0 Å². The van der Waals surface area contributed by atoms with Crippen LogP contribution in [0.25, 0.3) is 44.8 Å². The van der Waals surface area contributed by atoms with E-state index in [2.05, 4.69) is 146 Å². The van der Waals surface area contributed by atoms with Crippen LogP contribution in [0, 0.1) is 50.4 Å². The van der Waals surface area contributed by atoms with Crippen molar-refractivity contribution in [1.29, 1.82) is 0 Å². The summed E-state index contributed by atoms with van der Waals surface area (Å²) in [6.45, 7) is 21.4. The van der Waals surface area contributed by atoms with Gasteiger partial charge >= 0.3 is 0 Å². The molecule has 0 radical (unpaired) electrons. The Morgan fingerprint density at radius 1 is 0.529 bits per heavy atom. The van der Waals surface area contributed by atoms with E-state index in [1.54, 1.807) is 0 Å². The van der Waals surface area contributed by atoms with Crippen LogP contribution in [0.1, 0.15) is 161 Å². The van der Waals surface area contributed by atoms with Gasteiger partial charge in [0.2, 0.25) is 0 Å². The average Bonchev–Trinajstić information content (AvgIpc) is 3.26. The first-order chi connectivity index (χ1) is 31.8. The normalized spacial score (nSPS) is 27.4. The Hall–Kier alpha value is -3.27. The number of pyridine rings is 1. The van der Waals surface area contributed by atoms with Gasteiger partial charge in [-0.15, -0.1) is 0 Å². The van der Waals surface area contributed by atoms with Crippen LogP contribution in [-0.2, 0) is 47.9 Å². The number of aromatic nitrogens is 1. The van der Waals surface area contributed by atoms with Crippen molar-refractivity contribution in [2.75, 3.05) is 0 Å². The van der Waals surface area contributed by atoms with Crippen molar-refractivity contribution in [3.05, 3.63) is 122 Å². The standard InChI is InChI=1S/C63H79NO2Si.2CH3.Zr/c1-10-11-22-67(8,9)56-21-20-55(49-18-14-12-16-47(49)51-29-45(60(2,3)4)31-53(58(51)65)62-33-39-23-40(34-62)25-41(24-39)35-62)64-57(56)50-19-15-13-17-48(50)52-30-46(61(5,6)7)32-54(59(52)66)63-36-42-26-43(37-63)28-44(27-42)38-63;;;/h12-21,29-32,39-44,65-66H,10-11,22-28,33-38H2,1-9H3;2*1H3;/q;2*-1;. The third-order valence-corrected chi connectivity index (χ3v) is 22.4. The van der Waals surface area contributed by atoms with Crippen LogP contribution in [0.2, 0.25) is 19.1 Å². The summed E-state index contributed by atoms with van der Waals surface area (Å²) in [6.07, 6.45) is 17.9. The van der Waals surface area contributed by atoms with E-state index in [1.165, 1.54) is 123 Å². The fourth-order valence-electron chi connectivity index (χ4n) is 16.2. The molecule has 0 saturated heterocycles. The van der Waals surface area contributed by atoms with Crippen LogP contribution in [-0.4, -0.2) is 23.3 Å². The average molecular weight is 1030 g/mol. The molecule has 8 fully saturated rings. The van der Waals surface area contributed by atoms with Gasteiger partial charge in [0.15, 0.2) is 0 Å². The van der Waals surface area contributed by atoms with Gasteiger partial charge in [0.1, 0.15) is 11.5 Å². The molecular formula is C65H85NO2SiZr-2. The van der Waals surface area contributed by atoms with Gasteiger partial charge in [0, 0.05) is 59.6 Å². The number of phenols is 2. The number of aromatic hydroxyl groups is 2. The minimum absolute atomic E-state index is 0. The summed E-state index contributed by atoms with van der Waals surface area (Å²) in [5.74, 6) is 5.71. The van der Waals surface area contributed by atoms with Gasteiger partial charge in [0.25, 0.3) is 0 Å². The van der Waals surface area contributed by atoms with Crippen molar-refractivity contribution in [1.82, 2.24) is 4.98 Å². The number of rotatable bonds is 10. The van der Waals surface area contributed by atoms with E-state index in [1.807, 2.05) is 0 Å². The maximum absolute atomic E-state index is 13.0. The molecule has 8 bridgehead atoms. The predicted molar refractivity (Wildman–Crippen MR) is 296 cm³/mol. The topological polar surface area (TPSA) is 53.4 Å². The monoisotopic (exact) mass is 1030 g/mol. The molecule has 372 valence electrons. The van der Waals surface area contributed by atoms with Gasteiger partial charge in [-0.25, -0.2) is 4.98 Å². The molecule has 3 nitrogen and oxygen atoms in total. The quantitative estimate of drug-likeness (QED) is 0.108. The molecule has 8 saturated carbocycles. The fraction of sp³-hybridized carbons (Fsp3) is 0.523. The van der Waals surface area contributed by atoms with Crippen LogP contribution >= 0.6 is 0 Å². The number of hydrogen-bond acceptors (Lipinski definition) is 3. The van der Waals surface area contributed by atoms with Crippen LogP contribution < -0.4 is 5.19 Å². The minimum Gasteiger partial charge on any atom is -0.507 e. The molecule has 2 N–H and O–H groups in total. The number of unbranched alkanes of at least 4 members (excludes halogenated alkanes) is 1. The Kier molecular flexibility index (Phi) is 14.6. The summed E-state index contributed by atoms with van der Waals surface area (Å²) in [7, 11) is -2.01. The van der Waals surface area contributed by atoms with Crippen molar-refractivity contribution in [2.24, 2.45) is 35.5 Å². The first-order valence-electron chi connectivity index (χ1n) is 26.8. The van der Waals surface area contributed by atoms with Gasteiger partial charge in [0.05, 0.1) is 19.5 Å². The second-order valence-corrected chi connectivity index (χ2v) is 31.2. The second kappa shape index (κ2) is 19.2. The second-order valence-electron chi connectivity index (χ2n) is 26.4. The molecular weight excluding hydrogens is 946 g/mol. The summed E-state index contributed by atoms with van der Waals surface area (Å²) in [4.78, 5) is 5.89. The summed E-state index contributed by atoms with van der Waals surface area (Å²) < 4.78 is 0. The van der Waals surface area contributed by atoms with E-state index in [-0.39, 0.29) is 62.7 Å². The van der Waals surface area contributed by atoms with E-state index in [0.717, 1.165) is 80.3 Å². The third-order valence-electron chi connectivity index (χ3n) is 18.9. The van der Waals surface area contributed by atoms with E-state index in [0.29, 0.717) is 11.5 Å². The van der Waals surface area contributed by atoms with E-state index in [9.17, 15) is 10.2 Å². The largest absolute Gasteiger partial charge is 0.507 e. The molecule has 5 heteroatoms. The minimum atomic E-state index is -2.01. The van der Waals surface area contributed by atoms with Crippen LogP contribution in [0.3, 0.4) is 0 Å². The predicted octanol–water partition coefficient (Wildman–Crippen LogP) is 17.3. The van der Waals surface area contributed by atoms with Crippen LogP contribution in [0.15, 0.2) is 84.9 Å². The number of hydrogen-bond donors (Lipinski definition) is 2. The smallest absolute Gasteiger partial charge is 0.127 e. The van der Waals surface area contributed by atoms with Crippen LogP contribution in [0.5, 0.6) is 11.5 Å². The Balaban J connectivity index is 0.00000220. The number of nitrogens with zero attached hydrogens (tertiary/aromatic N) is 1. The van der Waals surface area contributed by atoms with Crippen molar-refractivity contribution in [3.63, 3.8) is 0 Å². The molecule has 8 aliphatic carbocycles.